The van der Waals surface area contributed by atoms with Gasteiger partial charge < -0.3 is 9.88 Å². The van der Waals surface area contributed by atoms with Gasteiger partial charge in [0.1, 0.15) is 0 Å². The molecule has 19 heavy (non-hydrogen) atoms. The van der Waals surface area contributed by atoms with E-state index in [2.05, 4.69) is 68.0 Å². The molecule has 0 fully saturated rings. The monoisotopic (exact) mass is 258 g/mol. The summed E-state index contributed by atoms with van der Waals surface area (Å²) in [6.07, 6.45) is 3.43. The molecule has 1 heterocycles. The lowest BCUT2D eigenvalue weighted by Gasteiger charge is -2.18. The van der Waals surface area contributed by atoms with Gasteiger partial charge in [0.2, 0.25) is 0 Å². The van der Waals surface area contributed by atoms with Gasteiger partial charge in [-0.15, -0.1) is 0 Å². The molecular formula is C17H26N2. The summed E-state index contributed by atoms with van der Waals surface area (Å²) < 4.78 is 2.38. The van der Waals surface area contributed by atoms with Crippen LogP contribution < -0.4 is 5.32 Å². The van der Waals surface area contributed by atoms with Crippen molar-refractivity contribution in [3.8, 4) is 0 Å². The van der Waals surface area contributed by atoms with Crippen molar-refractivity contribution < 1.29 is 0 Å². The van der Waals surface area contributed by atoms with Gasteiger partial charge in [-0.25, -0.2) is 0 Å². The molecule has 0 unspecified atom stereocenters. The van der Waals surface area contributed by atoms with Crippen molar-refractivity contribution in [2.24, 2.45) is 5.41 Å². The Morgan fingerprint density at radius 3 is 2.63 bits per heavy atom. The van der Waals surface area contributed by atoms with Gasteiger partial charge >= 0.3 is 0 Å². The molecule has 1 N–H and O–H groups in total. The lowest BCUT2D eigenvalue weighted by atomic mass is 9.92. The lowest BCUT2D eigenvalue weighted by molar-refractivity contribution is 0.353. The minimum Gasteiger partial charge on any atom is -0.347 e. The molecule has 0 radical (unpaired) electrons. The zero-order valence-corrected chi connectivity index (χ0v) is 12.7. The Bertz CT molecular complexity index is 532. The van der Waals surface area contributed by atoms with Gasteiger partial charge in [0.05, 0.1) is 0 Å². The van der Waals surface area contributed by atoms with Crippen LogP contribution in [0.1, 0.15) is 39.7 Å². The van der Waals surface area contributed by atoms with Gasteiger partial charge in [0.25, 0.3) is 0 Å². The number of hydrogen-bond donors (Lipinski definition) is 1. The predicted molar refractivity (Wildman–Crippen MR) is 83.4 cm³/mol. The molecule has 0 aliphatic heterocycles. The maximum absolute atomic E-state index is 3.41. The van der Waals surface area contributed by atoms with Crippen LogP contribution in [0.3, 0.4) is 0 Å². The van der Waals surface area contributed by atoms with Crippen LogP contribution in [0.2, 0.25) is 0 Å². The first-order valence-corrected chi connectivity index (χ1v) is 7.29. The summed E-state index contributed by atoms with van der Waals surface area (Å²) in [6, 6.07) is 8.87. The molecule has 104 valence electrons. The van der Waals surface area contributed by atoms with Crippen LogP contribution in [-0.4, -0.2) is 11.1 Å². The Balaban J connectivity index is 2.23. The van der Waals surface area contributed by atoms with Crippen LogP contribution in [0.25, 0.3) is 10.9 Å². The molecule has 1 aromatic heterocycles. The van der Waals surface area contributed by atoms with E-state index in [0.717, 1.165) is 19.6 Å². The van der Waals surface area contributed by atoms with E-state index in [-0.39, 0.29) is 0 Å². The van der Waals surface area contributed by atoms with E-state index in [1.165, 1.54) is 22.9 Å². The van der Waals surface area contributed by atoms with Gasteiger partial charge in [-0.2, -0.15) is 0 Å². The van der Waals surface area contributed by atoms with E-state index in [1.807, 2.05) is 0 Å². The molecule has 0 aliphatic rings. The summed E-state index contributed by atoms with van der Waals surface area (Å²) in [5.74, 6) is 0. The van der Waals surface area contributed by atoms with Crippen molar-refractivity contribution in [2.45, 2.75) is 47.2 Å². The number of nitrogens with zero attached hydrogens (tertiary/aromatic N) is 1. The van der Waals surface area contributed by atoms with Crippen molar-refractivity contribution in [2.75, 3.05) is 6.54 Å². The first kappa shape index (κ1) is 14.1. The zero-order valence-electron chi connectivity index (χ0n) is 12.7. The number of nitrogens with one attached hydrogen (secondary N) is 1. The second-order valence-electron chi connectivity index (χ2n) is 6.45. The average molecular weight is 258 g/mol. The highest BCUT2D eigenvalue weighted by Gasteiger charge is 2.11. The van der Waals surface area contributed by atoms with Crippen LogP contribution in [0, 0.1) is 5.41 Å². The van der Waals surface area contributed by atoms with E-state index in [4.69, 9.17) is 0 Å². The van der Waals surface area contributed by atoms with Crippen LogP contribution in [0.5, 0.6) is 0 Å². The highest BCUT2D eigenvalue weighted by atomic mass is 15.0. The third kappa shape index (κ3) is 3.60. The molecule has 0 spiro atoms. The SMILES string of the molecule is CCNCc1cccc2c1ccn2CCC(C)(C)C. The van der Waals surface area contributed by atoms with Crippen LogP contribution >= 0.6 is 0 Å². The number of benzene rings is 1. The number of aromatic nitrogens is 1. The smallest absolute Gasteiger partial charge is 0.0483 e. The summed E-state index contributed by atoms with van der Waals surface area (Å²) in [5.41, 5.74) is 3.14. The zero-order chi connectivity index (χ0) is 13.9. The molecule has 1 aromatic carbocycles. The van der Waals surface area contributed by atoms with Gasteiger partial charge in [0, 0.05) is 30.2 Å². The molecule has 0 amide bonds. The lowest BCUT2D eigenvalue weighted by Crippen LogP contribution is -2.12. The quantitative estimate of drug-likeness (QED) is 0.851. The molecule has 0 saturated carbocycles. The van der Waals surface area contributed by atoms with Gasteiger partial charge in [-0.3, -0.25) is 0 Å². The Labute approximate surface area is 116 Å². The van der Waals surface area contributed by atoms with Crippen molar-refractivity contribution in [1.82, 2.24) is 9.88 Å². The second-order valence-corrected chi connectivity index (χ2v) is 6.45. The fraction of sp³-hybridized carbons (Fsp3) is 0.529. The minimum absolute atomic E-state index is 0.387. The highest BCUT2D eigenvalue weighted by molar-refractivity contribution is 5.83. The highest BCUT2D eigenvalue weighted by Crippen LogP contribution is 2.24. The Hall–Kier alpha value is -1.28. The van der Waals surface area contributed by atoms with E-state index in [0.29, 0.717) is 5.41 Å². The number of hydrogen-bond acceptors (Lipinski definition) is 1. The maximum atomic E-state index is 3.41. The molecule has 2 aromatic rings. The van der Waals surface area contributed by atoms with Crippen molar-refractivity contribution in [3.63, 3.8) is 0 Å². The molecule has 0 aliphatic carbocycles. The van der Waals surface area contributed by atoms with E-state index < -0.39 is 0 Å². The fourth-order valence-electron chi connectivity index (χ4n) is 2.35. The first-order valence-electron chi connectivity index (χ1n) is 7.29. The summed E-state index contributed by atoms with van der Waals surface area (Å²) >= 11 is 0. The number of fused-ring (bicyclic) bond motifs is 1. The summed E-state index contributed by atoms with van der Waals surface area (Å²) in [6.45, 7) is 12.1. The van der Waals surface area contributed by atoms with E-state index in [9.17, 15) is 0 Å². The van der Waals surface area contributed by atoms with Crippen molar-refractivity contribution >= 4 is 10.9 Å². The Morgan fingerprint density at radius 2 is 1.95 bits per heavy atom. The normalized spacial score (nSPS) is 12.2. The summed E-state index contributed by atoms with van der Waals surface area (Å²) in [4.78, 5) is 0. The Morgan fingerprint density at radius 1 is 1.16 bits per heavy atom. The van der Waals surface area contributed by atoms with Gasteiger partial charge in [-0.05, 0) is 36.1 Å². The third-order valence-electron chi connectivity index (χ3n) is 3.57. The minimum atomic E-state index is 0.387. The number of rotatable bonds is 5. The number of aryl methyl sites for hydroxylation is 1. The van der Waals surface area contributed by atoms with Crippen molar-refractivity contribution in [1.29, 1.82) is 0 Å². The maximum Gasteiger partial charge on any atom is 0.0483 e. The standard InChI is InChI=1S/C17H26N2/c1-5-18-13-14-7-6-8-16-15(14)9-11-19(16)12-10-17(2,3)4/h6-9,11,18H,5,10,12-13H2,1-4H3. The summed E-state index contributed by atoms with van der Waals surface area (Å²) in [5, 5.41) is 4.80. The van der Waals surface area contributed by atoms with Crippen molar-refractivity contribution in [3.05, 3.63) is 36.0 Å². The van der Waals surface area contributed by atoms with Crippen LogP contribution in [0.4, 0.5) is 0 Å². The molecule has 2 nitrogen and oxygen atoms in total. The predicted octanol–water partition coefficient (Wildman–Crippen LogP) is 4.19. The van der Waals surface area contributed by atoms with Crippen LogP contribution in [-0.2, 0) is 13.1 Å². The molecule has 0 atom stereocenters. The third-order valence-corrected chi connectivity index (χ3v) is 3.57. The van der Waals surface area contributed by atoms with Crippen LogP contribution in [0.15, 0.2) is 30.5 Å². The van der Waals surface area contributed by atoms with Gasteiger partial charge in [-0.1, -0.05) is 39.8 Å². The topological polar surface area (TPSA) is 17.0 Å². The second kappa shape index (κ2) is 5.79. The Kier molecular flexibility index (Phi) is 4.31. The van der Waals surface area contributed by atoms with Gasteiger partial charge in [0.15, 0.2) is 0 Å². The molecule has 2 heteroatoms. The molecule has 0 saturated heterocycles. The average Bonchev–Trinajstić information content (AvgIpc) is 2.76. The summed E-state index contributed by atoms with van der Waals surface area (Å²) in [7, 11) is 0. The fourth-order valence-corrected chi connectivity index (χ4v) is 2.35. The largest absolute Gasteiger partial charge is 0.347 e. The van der Waals surface area contributed by atoms with E-state index in [1.54, 1.807) is 0 Å². The first-order chi connectivity index (χ1) is 9.01. The molecule has 2 rings (SSSR count). The van der Waals surface area contributed by atoms with E-state index >= 15 is 0 Å². The molecule has 0 bridgehead atoms. The molecular weight excluding hydrogens is 232 g/mol.